The van der Waals surface area contributed by atoms with Crippen LogP contribution in [0.5, 0.6) is 11.6 Å². The molecule has 0 aliphatic carbocycles. The Morgan fingerprint density at radius 1 is 0.891 bits per heavy atom. The first-order chi connectivity index (χ1) is 26.9. The number of amides is 1. The van der Waals surface area contributed by atoms with E-state index >= 15 is 0 Å². The van der Waals surface area contributed by atoms with Gasteiger partial charge in [-0.15, -0.1) is 9.42 Å². The van der Waals surface area contributed by atoms with Crippen LogP contribution in [-0.4, -0.2) is 74.2 Å². The molecule has 4 aromatic carbocycles. The van der Waals surface area contributed by atoms with Crippen LogP contribution >= 0.6 is 8.25 Å². The van der Waals surface area contributed by atoms with Crippen LogP contribution in [0, 0.1) is 11.3 Å². The van der Waals surface area contributed by atoms with E-state index in [9.17, 15) is 19.5 Å². The fourth-order valence-electron chi connectivity index (χ4n) is 6.85. The lowest BCUT2D eigenvalue weighted by Gasteiger charge is -2.50. The van der Waals surface area contributed by atoms with Crippen molar-refractivity contribution in [3.8, 4) is 17.7 Å². The lowest BCUT2D eigenvalue weighted by Crippen LogP contribution is -2.57. The van der Waals surface area contributed by atoms with Crippen molar-refractivity contribution in [3.63, 3.8) is 0 Å². The van der Waals surface area contributed by atoms with Crippen molar-refractivity contribution in [2.75, 3.05) is 38.2 Å². The molecule has 7 rings (SSSR count). The number of benzene rings is 4. The predicted molar refractivity (Wildman–Crippen MR) is 202 cm³/mol. The summed E-state index contributed by atoms with van der Waals surface area (Å²) in [6.07, 6.45) is 0.162. The molecule has 0 spiro atoms. The van der Waals surface area contributed by atoms with Crippen LogP contribution in [0.3, 0.4) is 0 Å². The molecule has 6 aromatic rings. The van der Waals surface area contributed by atoms with Crippen LogP contribution in [0.25, 0.3) is 11.2 Å². The molecular formula is C40H37N7O7P+. The predicted octanol–water partition coefficient (Wildman–Crippen LogP) is 5.99. The van der Waals surface area contributed by atoms with Crippen molar-refractivity contribution in [2.45, 2.75) is 24.3 Å². The van der Waals surface area contributed by atoms with Crippen LogP contribution in [0.4, 0.5) is 5.95 Å². The summed E-state index contributed by atoms with van der Waals surface area (Å²) in [5.74, 6) is 0.00900. The molecule has 55 heavy (non-hydrogen) atoms. The van der Waals surface area contributed by atoms with Gasteiger partial charge in [-0.2, -0.15) is 15.2 Å². The second kappa shape index (κ2) is 17.4. The zero-order chi connectivity index (χ0) is 38.0. The molecule has 0 saturated carbocycles. The highest BCUT2D eigenvalue weighted by Gasteiger charge is 2.47. The third-order valence-electron chi connectivity index (χ3n) is 9.09. The van der Waals surface area contributed by atoms with Gasteiger partial charge in [0, 0.05) is 17.7 Å². The number of hydrogen-bond donors (Lipinski definition) is 2. The van der Waals surface area contributed by atoms with Gasteiger partial charge in [-0.1, -0.05) is 109 Å². The van der Waals surface area contributed by atoms with E-state index < -0.39 is 32.0 Å². The molecule has 3 heterocycles. The first-order valence-electron chi connectivity index (χ1n) is 17.5. The second-order valence-electron chi connectivity index (χ2n) is 12.5. The smallest absolute Gasteiger partial charge is 0.484 e. The molecule has 2 aromatic heterocycles. The molecule has 1 aliphatic rings. The Balaban J connectivity index is 1.32. The molecule has 1 fully saturated rings. The number of aromatic nitrogens is 4. The van der Waals surface area contributed by atoms with Gasteiger partial charge in [0.1, 0.15) is 31.3 Å². The normalized spacial score (nSPS) is 16.3. The first kappa shape index (κ1) is 37.3. The highest BCUT2D eigenvalue weighted by molar-refractivity contribution is 7.32. The third kappa shape index (κ3) is 8.37. The van der Waals surface area contributed by atoms with Crippen LogP contribution in [0.1, 0.15) is 29.3 Å². The van der Waals surface area contributed by atoms with E-state index in [2.05, 4.69) is 56.6 Å². The van der Waals surface area contributed by atoms with Crippen molar-refractivity contribution in [2.24, 2.45) is 0 Å². The number of nitriles is 1. The minimum atomic E-state index is -2.91. The van der Waals surface area contributed by atoms with Gasteiger partial charge in [-0.05, 0) is 28.8 Å². The molecule has 1 saturated heterocycles. The quantitative estimate of drug-likeness (QED) is 0.0712. The number of rotatable bonds is 15. The Hall–Kier alpha value is -6.07. The topological polar surface area (TPSA) is 174 Å². The summed E-state index contributed by atoms with van der Waals surface area (Å²) in [4.78, 5) is 38.7. The molecule has 14 nitrogen and oxygen atoms in total. The van der Waals surface area contributed by atoms with Gasteiger partial charge in [0.25, 0.3) is 5.91 Å². The van der Waals surface area contributed by atoms with Gasteiger partial charge in [0.2, 0.25) is 11.8 Å². The molecule has 1 unspecified atom stereocenters. The Bertz CT molecular complexity index is 2160. The van der Waals surface area contributed by atoms with E-state index in [1.54, 1.807) is 35.2 Å². The molecular weight excluding hydrogens is 721 g/mol. The van der Waals surface area contributed by atoms with Crippen molar-refractivity contribution in [1.29, 1.82) is 5.26 Å². The summed E-state index contributed by atoms with van der Waals surface area (Å²) >= 11 is 0. The Kier molecular flexibility index (Phi) is 11.8. The number of fused-ring (bicyclic) bond motifs is 1. The number of anilines is 1. The summed E-state index contributed by atoms with van der Waals surface area (Å²) in [5.41, 5.74) is 2.69. The van der Waals surface area contributed by atoms with Gasteiger partial charge in [-0.3, -0.25) is 19.6 Å². The molecule has 2 N–H and O–H groups in total. The number of para-hydroxylation sites is 1. The zero-order valence-corrected chi connectivity index (χ0v) is 30.4. The van der Waals surface area contributed by atoms with Crippen LogP contribution in [0.15, 0.2) is 128 Å². The van der Waals surface area contributed by atoms with E-state index in [0.29, 0.717) is 12.3 Å². The number of carbonyl (C=O) groups excluding carboxylic acids is 1. The standard InChI is InChI=1S/C40H36N7O7P/c41-22-13-23-51-38-36-37(44-39(45-38)43-34(48)27-52-32-20-11-4-12-21-32)47(28-42-36)35-25-46(24-33(54-35)26-53-55(49)50)40(29-14-5-1-6-15-29,30-16-7-2-8-17-30)31-18-9-3-10-19-31/h1-12,14-21,28,33,35H,13,23-27H2,(H-,43,44,45,48,49,50)/p+1/t33-,35+/m0/s1. The van der Waals surface area contributed by atoms with E-state index in [1.807, 2.05) is 66.7 Å². The van der Waals surface area contributed by atoms with Crippen LogP contribution < -0.4 is 14.8 Å². The summed E-state index contributed by atoms with van der Waals surface area (Å²) in [5, 5.41) is 11.9. The minimum Gasteiger partial charge on any atom is -0.484 e. The van der Waals surface area contributed by atoms with Gasteiger partial charge in [0.15, 0.2) is 17.8 Å². The zero-order valence-electron chi connectivity index (χ0n) is 29.5. The van der Waals surface area contributed by atoms with Gasteiger partial charge < -0.3 is 14.2 Å². The number of nitrogens with one attached hydrogen (secondary N) is 1. The maximum atomic E-state index is 13.0. The number of carbonyl (C=O) groups is 1. The number of imidazole rings is 1. The highest BCUT2D eigenvalue weighted by atomic mass is 31.1. The average Bonchev–Trinajstić information content (AvgIpc) is 3.66. The van der Waals surface area contributed by atoms with E-state index in [0.717, 1.165) is 16.7 Å². The second-order valence-corrected chi connectivity index (χ2v) is 13.3. The fraction of sp³-hybridized carbons (Fsp3) is 0.225. The Morgan fingerprint density at radius 2 is 1.49 bits per heavy atom. The van der Waals surface area contributed by atoms with Crippen molar-refractivity contribution in [3.05, 3.63) is 144 Å². The monoisotopic (exact) mass is 758 g/mol. The number of nitrogens with zero attached hydrogens (tertiary/aromatic N) is 6. The van der Waals surface area contributed by atoms with Gasteiger partial charge in [0.05, 0.1) is 24.4 Å². The van der Waals surface area contributed by atoms with E-state index in [4.69, 9.17) is 23.7 Å². The molecule has 0 bridgehead atoms. The number of ether oxygens (including phenoxy) is 3. The summed E-state index contributed by atoms with van der Waals surface area (Å²) in [6, 6.07) is 41.4. The Morgan fingerprint density at radius 3 is 2.07 bits per heavy atom. The molecule has 1 amide bonds. The SMILES string of the molecule is N#CCCOc1nc(NC(=O)COc2ccccc2)nc2c1ncn2[C@H]1CN(C(c2ccccc2)(c2ccccc2)c2ccccc2)C[C@@H](CO[P+](=O)O)O1. The molecule has 3 atom stereocenters. The average molecular weight is 759 g/mol. The molecule has 0 radical (unpaired) electrons. The molecule has 1 aliphatic heterocycles. The van der Waals surface area contributed by atoms with Crippen molar-refractivity contribution >= 4 is 31.3 Å². The van der Waals surface area contributed by atoms with Crippen LogP contribution in [0.2, 0.25) is 0 Å². The molecule has 278 valence electrons. The van der Waals surface area contributed by atoms with Gasteiger partial charge in [-0.25, -0.2) is 4.98 Å². The summed E-state index contributed by atoms with van der Waals surface area (Å²) in [6.45, 7) is 0.143. The van der Waals surface area contributed by atoms with Crippen molar-refractivity contribution in [1.82, 2.24) is 24.4 Å². The molecule has 15 heteroatoms. The van der Waals surface area contributed by atoms with E-state index in [1.165, 1.54) is 0 Å². The van der Waals surface area contributed by atoms with Crippen LogP contribution in [-0.2, 0) is 24.2 Å². The lowest BCUT2D eigenvalue weighted by molar-refractivity contribution is -0.145. The maximum absolute atomic E-state index is 13.0. The first-order valence-corrected chi connectivity index (χ1v) is 18.7. The van der Waals surface area contributed by atoms with E-state index in [-0.39, 0.29) is 55.8 Å². The summed E-state index contributed by atoms with van der Waals surface area (Å²) in [7, 11) is -2.91. The largest absolute Gasteiger partial charge is 0.694 e. The Labute approximate surface area is 317 Å². The number of hydrogen-bond acceptors (Lipinski definition) is 11. The van der Waals surface area contributed by atoms with Gasteiger partial charge >= 0.3 is 8.25 Å². The minimum absolute atomic E-state index is 0.0280. The number of morpholine rings is 1. The van der Waals surface area contributed by atoms with Crippen molar-refractivity contribution < 1.29 is 33.0 Å². The fourth-order valence-corrected chi connectivity index (χ4v) is 7.14. The summed E-state index contributed by atoms with van der Waals surface area (Å²) < 4.78 is 36.9. The highest BCUT2D eigenvalue weighted by Crippen LogP contribution is 2.45. The lowest BCUT2D eigenvalue weighted by atomic mass is 9.75. The third-order valence-corrected chi connectivity index (χ3v) is 9.46. The maximum Gasteiger partial charge on any atom is 0.694 e.